The van der Waals surface area contributed by atoms with Crippen LogP contribution in [0.25, 0.3) is 0 Å². The molecule has 0 aromatic carbocycles. The van der Waals surface area contributed by atoms with Gasteiger partial charge in [-0.1, -0.05) is 6.92 Å². The zero-order valence-corrected chi connectivity index (χ0v) is 14.4. The second kappa shape index (κ2) is 8.10. The molecule has 124 valence electrons. The van der Waals surface area contributed by atoms with Crippen LogP contribution in [0.15, 0.2) is 0 Å². The van der Waals surface area contributed by atoms with Crippen LogP contribution in [-0.4, -0.2) is 68.2 Å². The molecule has 1 unspecified atom stereocenters. The second-order valence-electron chi connectivity index (χ2n) is 5.36. The van der Waals surface area contributed by atoms with Crippen molar-refractivity contribution in [3.8, 4) is 0 Å². The summed E-state index contributed by atoms with van der Waals surface area (Å²) < 4.78 is 30.4. The third-order valence-corrected chi connectivity index (χ3v) is 6.11. The van der Waals surface area contributed by atoms with Crippen molar-refractivity contribution in [2.75, 3.05) is 32.5 Å². The smallest absolute Gasteiger partial charge is 0.323 e. The van der Waals surface area contributed by atoms with E-state index in [1.165, 1.54) is 4.31 Å². The zero-order valence-electron chi connectivity index (χ0n) is 13.5. The van der Waals surface area contributed by atoms with Crippen molar-refractivity contribution in [3.63, 3.8) is 0 Å². The van der Waals surface area contributed by atoms with E-state index in [0.717, 1.165) is 25.9 Å². The molecule has 0 aromatic heterocycles. The molecule has 1 rings (SSSR count). The van der Waals surface area contributed by atoms with Gasteiger partial charge in [-0.2, -0.15) is 0 Å². The Morgan fingerprint density at radius 2 is 1.86 bits per heavy atom. The molecule has 1 fully saturated rings. The van der Waals surface area contributed by atoms with E-state index in [1.807, 2.05) is 6.92 Å². The molecular formula is C14H28N2O4S. The van der Waals surface area contributed by atoms with Gasteiger partial charge in [-0.15, -0.1) is 0 Å². The van der Waals surface area contributed by atoms with Crippen LogP contribution < -0.4 is 0 Å². The standard InChI is InChI=1S/C14H28N2O4S/c1-5-13(14(17)20-6-2)16-10-8-12(9-11-16)15(4)21(18,19)7-3/h12-13H,5-11H2,1-4H3. The van der Waals surface area contributed by atoms with Crippen LogP contribution in [0.3, 0.4) is 0 Å². The summed E-state index contributed by atoms with van der Waals surface area (Å²) in [5.74, 6) is -0.0441. The highest BCUT2D eigenvalue weighted by molar-refractivity contribution is 7.89. The fraction of sp³-hybridized carbons (Fsp3) is 0.929. The molecular weight excluding hydrogens is 292 g/mol. The van der Waals surface area contributed by atoms with Crippen LogP contribution in [0.5, 0.6) is 0 Å². The molecule has 0 radical (unpaired) electrons. The van der Waals surface area contributed by atoms with Crippen molar-refractivity contribution in [1.82, 2.24) is 9.21 Å². The van der Waals surface area contributed by atoms with E-state index in [-0.39, 0.29) is 23.8 Å². The molecule has 1 aliphatic rings. The summed E-state index contributed by atoms with van der Waals surface area (Å²) >= 11 is 0. The predicted octanol–water partition coefficient (Wildman–Crippen LogP) is 1.07. The molecule has 1 aliphatic heterocycles. The number of likely N-dealkylation sites (tertiary alicyclic amines) is 1. The average molecular weight is 320 g/mol. The van der Waals surface area contributed by atoms with Crippen LogP contribution in [0.2, 0.25) is 0 Å². The number of ether oxygens (including phenoxy) is 1. The Bertz CT molecular complexity index is 430. The molecule has 0 bridgehead atoms. The molecule has 0 aliphatic carbocycles. The first-order valence-electron chi connectivity index (χ1n) is 7.73. The van der Waals surface area contributed by atoms with Gasteiger partial charge in [0.2, 0.25) is 10.0 Å². The predicted molar refractivity (Wildman–Crippen MR) is 82.5 cm³/mol. The van der Waals surface area contributed by atoms with Crippen LogP contribution in [0, 0.1) is 0 Å². The normalized spacial score (nSPS) is 19.7. The molecule has 21 heavy (non-hydrogen) atoms. The maximum absolute atomic E-state index is 11.9. The van der Waals surface area contributed by atoms with Gasteiger partial charge in [0.05, 0.1) is 12.4 Å². The van der Waals surface area contributed by atoms with Gasteiger partial charge in [-0.3, -0.25) is 9.69 Å². The first-order chi connectivity index (χ1) is 9.87. The number of carbonyl (C=O) groups excluding carboxylic acids is 1. The third-order valence-electron chi connectivity index (χ3n) is 4.20. The number of piperidine rings is 1. The molecule has 0 N–H and O–H groups in total. The van der Waals surface area contributed by atoms with Crippen molar-refractivity contribution < 1.29 is 17.9 Å². The van der Waals surface area contributed by atoms with Crippen LogP contribution >= 0.6 is 0 Å². The number of rotatable bonds is 7. The number of esters is 1. The Hall–Kier alpha value is -0.660. The van der Waals surface area contributed by atoms with Crippen molar-refractivity contribution in [2.24, 2.45) is 0 Å². The summed E-state index contributed by atoms with van der Waals surface area (Å²) in [7, 11) is -1.49. The fourth-order valence-corrected chi connectivity index (χ4v) is 3.88. The maximum atomic E-state index is 11.9. The van der Waals surface area contributed by atoms with Crippen molar-refractivity contribution >= 4 is 16.0 Å². The molecule has 0 spiro atoms. The zero-order chi connectivity index (χ0) is 16.0. The van der Waals surface area contributed by atoms with Gasteiger partial charge in [0.15, 0.2) is 0 Å². The highest BCUT2D eigenvalue weighted by Gasteiger charge is 2.33. The maximum Gasteiger partial charge on any atom is 0.323 e. The van der Waals surface area contributed by atoms with Gasteiger partial charge in [-0.25, -0.2) is 12.7 Å². The molecule has 1 atom stereocenters. The quantitative estimate of drug-likeness (QED) is 0.657. The van der Waals surface area contributed by atoms with E-state index in [0.29, 0.717) is 13.0 Å². The molecule has 0 aromatic rings. The lowest BCUT2D eigenvalue weighted by atomic mass is 10.0. The number of carbonyl (C=O) groups is 1. The number of nitrogens with zero attached hydrogens (tertiary/aromatic N) is 2. The number of hydrogen-bond acceptors (Lipinski definition) is 5. The first-order valence-corrected chi connectivity index (χ1v) is 9.34. The van der Waals surface area contributed by atoms with E-state index in [1.54, 1.807) is 20.9 Å². The molecule has 1 saturated heterocycles. The van der Waals surface area contributed by atoms with Gasteiger partial charge in [0, 0.05) is 26.2 Å². The summed E-state index contributed by atoms with van der Waals surface area (Å²) in [6, 6.07) is -0.176. The molecule has 1 heterocycles. The second-order valence-corrected chi connectivity index (χ2v) is 7.68. The van der Waals surface area contributed by atoms with E-state index in [2.05, 4.69) is 4.90 Å². The van der Waals surface area contributed by atoms with Gasteiger partial charge in [0.1, 0.15) is 6.04 Å². The highest BCUT2D eigenvalue weighted by atomic mass is 32.2. The van der Waals surface area contributed by atoms with E-state index < -0.39 is 10.0 Å². The van der Waals surface area contributed by atoms with Crippen molar-refractivity contribution in [1.29, 1.82) is 0 Å². The molecule has 6 nitrogen and oxygen atoms in total. The Balaban J connectivity index is 2.60. The molecule has 0 saturated carbocycles. The van der Waals surface area contributed by atoms with E-state index in [9.17, 15) is 13.2 Å². The van der Waals surface area contributed by atoms with E-state index in [4.69, 9.17) is 4.74 Å². The largest absolute Gasteiger partial charge is 0.465 e. The van der Waals surface area contributed by atoms with Gasteiger partial charge < -0.3 is 4.74 Å². The summed E-state index contributed by atoms with van der Waals surface area (Å²) in [5, 5.41) is 0. The van der Waals surface area contributed by atoms with Crippen molar-refractivity contribution in [3.05, 3.63) is 0 Å². The number of hydrogen-bond donors (Lipinski definition) is 0. The Morgan fingerprint density at radius 1 is 1.29 bits per heavy atom. The Kier molecular flexibility index (Phi) is 7.09. The van der Waals surface area contributed by atoms with Gasteiger partial charge in [-0.05, 0) is 33.1 Å². The fourth-order valence-electron chi connectivity index (χ4n) is 2.80. The Morgan fingerprint density at radius 3 is 2.29 bits per heavy atom. The summed E-state index contributed by atoms with van der Waals surface area (Å²) in [4.78, 5) is 14.0. The first kappa shape index (κ1) is 18.4. The summed E-state index contributed by atoms with van der Waals surface area (Å²) in [6.45, 7) is 7.29. The molecule has 0 amide bonds. The van der Waals surface area contributed by atoms with Crippen molar-refractivity contribution in [2.45, 2.75) is 52.1 Å². The SMILES string of the molecule is CCOC(=O)C(CC)N1CCC(N(C)S(=O)(=O)CC)CC1. The summed E-state index contributed by atoms with van der Waals surface area (Å²) in [6.07, 6.45) is 2.23. The highest BCUT2D eigenvalue weighted by Crippen LogP contribution is 2.21. The summed E-state index contributed by atoms with van der Waals surface area (Å²) in [5.41, 5.74) is 0. The van der Waals surface area contributed by atoms with E-state index >= 15 is 0 Å². The average Bonchev–Trinajstić information content (AvgIpc) is 2.48. The molecule has 7 heteroatoms. The topological polar surface area (TPSA) is 66.9 Å². The minimum atomic E-state index is -3.14. The minimum absolute atomic E-state index is 0.0332. The number of sulfonamides is 1. The monoisotopic (exact) mass is 320 g/mol. The van der Waals surface area contributed by atoms with Crippen LogP contribution in [0.4, 0.5) is 0 Å². The van der Waals surface area contributed by atoms with Crippen LogP contribution in [-0.2, 0) is 19.6 Å². The lowest BCUT2D eigenvalue weighted by Gasteiger charge is -2.38. The minimum Gasteiger partial charge on any atom is -0.465 e. The third kappa shape index (κ3) is 4.66. The lowest BCUT2D eigenvalue weighted by molar-refractivity contribution is -0.150. The van der Waals surface area contributed by atoms with Gasteiger partial charge in [0.25, 0.3) is 0 Å². The van der Waals surface area contributed by atoms with Crippen LogP contribution in [0.1, 0.15) is 40.0 Å². The Labute approximate surface area is 128 Å². The van der Waals surface area contributed by atoms with Gasteiger partial charge >= 0.3 is 5.97 Å². The lowest BCUT2D eigenvalue weighted by Crippen LogP contribution is -2.51.